The van der Waals surface area contributed by atoms with E-state index < -0.39 is 51.1 Å². The molecule has 0 aromatic heterocycles. The normalized spacial score (nSPS) is 19.1. The summed E-state index contributed by atoms with van der Waals surface area (Å²) >= 11 is 0. The minimum atomic E-state index is -2.99. The van der Waals surface area contributed by atoms with Crippen molar-refractivity contribution in [3.05, 3.63) is 198 Å². The van der Waals surface area contributed by atoms with E-state index >= 15 is 0 Å². The third-order valence-electron chi connectivity index (χ3n) is 11.9. The van der Waals surface area contributed by atoms with Gasteiger partial charge in [0.1, 0.15) is 42.9 Å². The SMILES string of the molecule is COc1ccc(CO[C@@H](CO[C@H]2O[C@H](COC(C)=O)[C@@H](OCc3ccccc3)[C@H](OCc3ccccc3)[C@H]2OCc2ccccc2)CO[Si](c2ccccc2)(c2ccccc2)C(C)(C)C)cc1. The highest BCUT2D eigenvalue weighted by atomic mass is 28.4. The van der Waals surface area contributed by atoms with Crippen LogP contribution in [0.1, 0.15) is 49.9 Å². The summed E-state index contributed by atoms with van der Waals surface area (Å²) in [6.45, 7) is 9.35. The van der Waals surface area contributed by atoms with Crippen LogP contribution in [0.25, 0.3) is 0 Å². The zero-order valence-corrected chi connectivity index (χ0v) is 40.2. The fourth-order valence-corrected chi connectivity index (χ4v) is 13.1. The van der Waals surface area contributed by atoms with Crippen LogP contribution < -0.4 is 15.1 Å². The smallest absolute Gasteiger partial charge is 0.302 e. The second-order valence-corrected chi connectivity index (χ2v) is 22.0. The van der Waals surface area contributed by atoms with Crippen LogP contribution in [0.2, 0.25) is 5.04 Å². The van der Waals surface area contributed by atoms with Gasteiger partial charge in [0.05, 0.1) is 46.8 Å². The van der Waals surface area contributed by atoms with Crippen molar-refractivity contribution < 1.29 is 47.1 Å². The maximum atomic E-state index is 12.4. The van der Waals surface area contributed by atoms with Crippen LogP contribution >= 0.6 is 0 Å². The van der Waals surface area contributed by atoms with Gasteiger partial charge in [0.15, 0.2) is 6.29 Å². The van der Waals surface area contributed by atoms with Crippen molar-refractivity contribution in [2.45, 2.75) is 96.0 Å². The second kappa shape index (κ2) is 24.5. The zero-order chi connectivity index (χ0) is 46.9. The first-order chi connectivity index (χ1) is 32.6. The first-order valence-corrected chi connectivity index (χ1v) is 24.9. The van der Waals surface area contributed by atoms with Crippen molar-refractivity contribution in [3.8, 4) is 5.75 Å². The van der Waals surface area contributed by atoms with Gasteiger partial charge < -0.3 is 42.3 Å². The molecular formula is C56H64O10Si. The van der Waals surface area contributed by atoms with E-state index in [1.54, 1.807) is 7.11 Å². The van der Waals surface area contributed by atoms with E-state index in [1.807, 2.05) is 127 Å². The van der Waals surface area contributed by atoms with E-state index in [0.717, 1.165) is 38.4 Å². The van der Waals surface area contributed by atoms with E-state index in [-0.39, 0.29) is 51.3 Å². The van der Waals surface area contributed by atoms with Crippen molar-refractivity contribution >= 4 is 24.7 Å². The highest BCUT2D eigenvalue weighted by Gasteiger charge is 2.52. The number of benzene rings is 6. The summed E-state index contributed by atoms with van der Waals surface area (Å²) in [6.07, 6.45) is -4.66. The summed E-state index contributed by atoms with van der Waals surface area (Å²) in [6, 6.07) is 58.7. The van der Waals surface area contributed by atoms with Crippen LogP contribution in [-0.4, -0.2) is 78.0 Å². The summed E-state index contributed by atoms with van der Waals surface area (Å²) in [5.74, 6) is 0.313. The minimum Gasteiger partial charge on any atom is -0.497 e. The molecule has 1 saturated heterocycles. The van der Waals surface area contributed by atoms with Gasteiger partial charge in [0.2, 0.25) is 0 Å². The number of hydrogen-bond donors (Lipinski definition) is 0. The molecule has 0 unspecified atom stereocenters. The molecule has 1 aliphatic rings. The molecule has 6 aromatic rings. The topological polar surface area (TPSA) is 100 Å². The first kappa shape index (κ1) is 49.4. The summed E-state index contributed by atoms with van der Waals surface area (Å²) in [5.41, 5.74) is 3.86. The molecule has 67 heavy (non-hydrogen) atoms. The van der Waals surface area contributed by atoms with Crippen LogP contribution in [0.3, 0.4) is 0 Å². The first-order valence-electron chi connectivity index (χ1n) is 23.0. The van der Waals surface area contributed by atoms with Crippen LogP contribution in [0.15, 0.2) is 176 Å². The van der Waals surface area contributed by atoms with E-state index in [1.165, 1.54) is 6.92 Å². The molecule has 352 valence electrons. The lowest BCUT2D eigenvalue weighted by molar-refractivity contribution is -0.330. The Bertz CT molecular complexity index is 2290. The van der Waals surface area contributed by atoms with Crippen molar-refractivity contribution in [2.75, 3.05) is 26.9 Å². The van der Waals surface area contributed by atoms with Crippen molar-refractivity contribution in [3.63, 3.8) is 0 Å². The van der Waals surface area contributed by atoms with Gasteiger partial charge in [-0.1, -0.05) is 185 Å². The Labute approximate surface area is 397 Å². The molecule has 1 aliphatic heterocycles. The van der Waals surface area contributed by atoms with Gasteiger partial charge in [-0.15, -0.1) is 0 Å². The number of ether oxygens (including phenoxy) is 8. The summed E-state index contributed by atoms with van der Waals surface area (Å²) in [7, 11) is -1.34. The molecule has 0 amide bonds. The number of hydrogen-bond acceptors (Lipinski definition) is 10. The lowest BCUT2D eigenvalue weighted by Crippen LogP contribution is -2.67. The molecule has 11 heteroatoms. The predicted molar refractivity (Wildman–Crippen MR) is 261 cm³/mol. The Hall–Kier alpha value is -5.47. The molecule has 0 spiro atoms. The number of esters is 1. The van der Waals surface area contributed by atoms with Crippen LogP contribution in [-0.2, 0) is 68.8 Å². The largest absolute Gasteiger partial charge is 0.497 e. The maximum absolute atomic E-state index is 12.4. The minimum absolute atomic E-state index is 0.0610. The standard InChI is InChI=1S/C56H64O10Si/c1-42(57)59-41-51-52(61-36-43-21-11-6-12-22-43)53(62-37-44-23-13-7-14-24-44)54(63-38-45-25-15-8-16-26-45)55(66-51)64-39-48(60-35-46-31-33-47(58-5)34-32-46)40-65-67(56(2,3)4,49-27-17-9-18-28-49)50-29-19-10-20-30-50/h6-34,48,51-55H,35-41H2,1-5H3/t48-,51+,52+,53-,54+,55-/m0/s1. The molecule has 6 aromatic carbocycles. The lowest BCUT2D eigenvalue weighted by atomic mass is 9.97. The molecule has 1 fully saturated rings. The van der Waals surface area contributed by atoms with Gasteiger partial charge in [-0.25, -0.2) is 0 Å². The highest BCUT2D eigenvalue weighted by Crippen LogP contribution is 2.37. The molecule has 0 aliphatic carbocycles. The van der Waals surface area contributed by atoms with Crippen molar-refractivity contribution in [1.29, 1.82) is 0 Å². The van der Waals surface area contributed by atoms with Crippen molar-refractivity contribution in [1.82, 2.24) is 0 Å². The molecule has 0 radical (unpaired) electrons. The van der Waals surface area contributed by atoms with E-state index in [4.69, 9.17) is 42.3 Å². The van der Waals surface area contributed by atoms with Gasteiger partial charge in [0.25, 0.3) is 8.32 Å². The molecule has 10 nitrogen and oxygen atoms in total. The molecule has 0 bridgehead atoms. The number of carbonyl (C=O) groups excluding carboxylic acids is 1. The lowest BCUT2D eigenvalue weighted by Gasteiger charge is -2.46. The summed E-state index contributed by atoms with van der Waals surface area (Å²) in [5, 5.41) is 2.03. The second-order valence-electron chi connectivity index (χ2n) is 17.7. The quantitative estimate of drug-likeness (QED) is 0.0457. The Morgan fingerprint density at radius 2 is 1.00 bits per heavy atom. The van der Waals surface area contributed by atoms with E-state index in [2.05, 4.69) is 69.3 Å². The Morgan fingerprint density at radius 3 is 1.46 bits per heavy atom. The third kappa shape index (κ3) is 13.6. The van der Waals surface area contributed by atoms with Gasteiger partial charge >= 0.3 is 5.97 Å². The maximum Gasteiger partial charge on any atom is 0.302 e. The molecule has 7 rings (SSSR count). The summed E-state index contributed by atoms with van der Waals surface area (Å²) < 4.78 is 59.6. The fourth-order valence-electron chi connectivity index (χ4n) is 8.48. The Balaban J connectivity index is 1.23. The highest BCUT2D eigenvalue weighted by molar-refractivity contribution is 6.99. The van der Waals surface area contributed by atoms with E-state index in [9.17, 15) is 4.79 Å². The molecule has 0 N–H and O–H groups in total. The predicted octanol–water partition coefficient (Wildman–Crippen LogP) is 9.22. The Kier molecular flexibility index (Phi) is 18.1. The van der Waals surface area contributed by atoms with Gasteiger partial charge in [-0.2, -0.15) is 0 Å². The number of methoxy groups -OCH3 is 1. The van der Waals surface area contributed by atoms with Gasteiger partial charge in [-0.3, -0.25) is 4.79 Å². The molecular weight excluding hydrogens is 861 g/mol. The molecule has 6 atom stereocenters. The van der Waals surface area contributed by atoms with Crippen LogP contribution in [0.5, 0.6) is 5.75 Å². The number of rotatable bonds is 23. The third-order valence-corrected chi connectivity index (χ3v) is 16.9. The molecule has 0 saturated carbocycles. The van der Waals surface area contributed by atoms with Crippen LogP contribution in [0, 0.1) is 0 Å². The average molecular weight is 925 g/mol. The fraction of sp³-hybridized carbons (Fsp3) is 0.339. The molecule has 1 heterocycles. The monoisotopic (exact) mass is 924 g/mol. The van der Waals surface area contributed by atoms with Crippen LogP contribution in [0.4, 0.5) is 0 Å². The number of carbonyl (C=O) groups is 1. The summed E-state index contributed by atoms with van der Waals surface area (Å²) in [4.78, 5) is 12.4. The van der Waals surface area contributed by atoms with Crippen molar-refractivity contribution in [2.24, 2.45) is 0 Å². The zero-order valence-electron chi connectivity index (χ0n) is 39.2. The van der Waals surface area contributed by atoms with E-state index in [0.29, 0.717) is 0 Å². The van der Waals surface area contributed by atoms with Gasteiger partial charge in [-0.05, 0) is 49.8 Å². The average Bonchev–Trinajstić information content (AvgIpc) is 3.36. The Morgan fingerprint density at radius 1 is 0.552 bits per heavy atom. The van der Waals surface area contributed by atoms with Gasteiger partial charge in [0, 0.05) is 6.92 Å².